The Morgan fingerprint density at radius 3 is 2.33 bits per heavy atom. The van der Waals surface area contributed by atoms with Crippen molar-refractivity contribution in [3.05, 3.63) is 68.1 Å². The van der Waals surface area contributed by atoms with Crippen LogP contribution in [0.1, 0.15) is 17.2 Å². The van der Waals surface area contributed by atoms with Gasteiger partial charge in [0.05, 0.1) is 0 Å². The van der Waals surface area contributed by atoms with Gasteiger partial charge in [-0.25, -0.2) is 8.78 Å². The number of hydrogen-bond donors (Lipinski definition) is 1. The third-order valence-corrected chi connectivity index (χ3v) is 4.39. The summed E-state index contributed by atoms with van der Waals surface area (Å²) >= 11 is 6.59. The predicted octanol–water partition coefficient (Wildman–Crippen LogP) is 4.57. The molecule has 0 saturated carbocycles. The molecule has 1 N–H and O–H groups in total. The van der Waals surface area contributed by atoms with Crippen LogP contribution in [-0.4, -0.2) is 5.11 Å². The van der Waals surface area contributed by atoms with E-state index in [0.29, 0.717) is 5.56 Å². The summed E-state index contributed by atoms with van der Waals surface area (Å²) in [6.07, 6.45) is -1.20. The second-order valence-corrected chi connectivity index (χ2v) is 5.45. The summed E-state index contributed by atoms with van der Waals surface area (Å²) in [6.45, 7) is 0. The Bertz CT molecular complexity index is 587. The van der Waals surface area contributed by atoms with Crippen molar-refractivity contribution in [2.45, 2.75) is 6.10 Å². The molecule has 18 heavy (non-hydrogen) atoms. The molecule has 2 rings (SSSR count). The summed E-state index contributed by atoms with van der Waals surface area (Å²) < 4.78 is 28.2. The largest absolute Gasteiger partial charge is 0.384 e. The fourth-order valence-electron chi connectivity index (χ4n) is 1.59. The molecule has 94 valence electrons. The monoisotopic (exact) mass is 376 g/mol. The van der Waals surface area contributed by atoms with Crippen molar-refractivity contribution in [3.8, 4) is 0 Å². The minimum absolute atomic E-state index is 0.0794. The average molecular weight is 378 g/mol. The zero-order valence-electron chi connectivity index (χ0n) is 9.00. The van der Waals surface area contributed by atoms with Gasteiger partial charge in [-0.2, -0.15) is 0 Å². The lowest BCUT2D eigenvalue weighted by atomic mass is 10.0. The van der Waals surface area contributed by atoms with E-state index in [1.807, 2.05) is 0 Å². The molecule has 0 radical (unpaired) electrons. The van der Waals surface area contributed by atoms with Crippen molar-refractivity contribution >= 4 is 31.9 Å². The lowest BCUT2D eigenvalue weighted by molar-refractivity contribution is 0.214. The van der Waals surface area contributed by atoms with Crippen LogP contribution in [0.3, 0.4) is 0 Å². The van der Waals surface area contributed by atoms with Gasteiger partial charge in [0.15, 0.2) is 0 Å². The lowest BCUT2D eigenvalue weighted by Gasteiger charge is -2.13. The van der Waals surface area contributed by atoms with Crippen molar-refractivity contribution < 1.29 is 13.9 Å². The van der Waals surface area contributed by atoms with Crippen LogP contribution in [0.5, 0.6) is 0 Å². The van der Waals surface area contributed by atoms with Crippen molar-refractivity contribution in [3.63, 3.8) is 0 Å². The zero-order chi connectivity index (χ0) is 13.3. The van der Waals surface area contributed by atoms with E-state index in [1.54, 1.807) is 18.2 Å². The van der Waals surface area contributed by atoms with E-state index in [4.69, 9.17) is 0 Å². The van der Waals surface area contributed by atoms with Gasteiger partial charge in [-0.05, 0) is 67.8 Å². The fraction of sp³-hybridized carbons (Fsp3) is 0.0769. The molecule has 5 heteroatoms. The van der Waals surface area contributed by atoms with Crippen LogP contribution in [0, 0.1) is 11.6 Å². The summed E-state index contributed by atoms with van der Waals surface area (Å²) in [5.41, 5.74) is 0.402. The first-order valence-electron chi connectivity index (χ1n) is 5.07. The molecule has 0 spiro atoms. The molecule has 0 saturated heterocycles. The molecule has 0 amide bonds. The first-order valence-corrected chi connectivity index (χ1v) is 6.65. The van der Waals surface area contributed by atoms with Crippen LogP contribution in [0.4, 0.5) is 8.78 Å². The molecule has 2 aromatic carbocycles. The molecule has 0 aliphatic rings. The highest BCUT2D eigenvalue weighted by Crippen LogP contribution is 2.30. The van der Waals surface area contributed by atoms with Gasteiger partial charge < -0.3 is 5.11 Å². The molecule has 0 aliphatic heterocycles. The molecule has 2 aromatic rings. The normalized spacial score (nSPS) is 12.5. The van der Waals surface area contributed by atoms with E-state index in [2.05, 4.69) is 31.9 Å². The maximum Gasteiger partial charge on any atom is 0.129 e. The van der Waals surface area contributed by atoms with Gasteiger partial charge in [-0.3, -0.25) is 0 Å². The third kappa shape index (κ3) is 2.79. The van der Waals surface area contributed by atoms with Crippen LogP contribution >= 0.6 is 31.9 Å². The molecular weight excluding hydrogens is 370 g/mol. The maximum absolute atomic E-state index is 13.5. The van der Waals surface area contributed by atoms with E-state index in [-0.39, 0.29) is 5.56 Å². The van der Waals surface area contributed by atoms with Gasteiger partial charge in [0, 0.05) is 14.5 Å². The molecule has 0 bridgehead atoms. The summed E-state index contributed by atoms with van der Waals surface area (Å²) in [4.78, 5) is 0. The first-order chi connectivity index (χ1) is 8.49. The second-order valence-electron chi connectivity index (χ2n) is 3.74. The molecule has 0 aromatic heterocycles. The van der Waals surface area contributed by atoms with E-state index >= 15 is 0 Å². The maximum atomic E-state index is 13.5. The number of benzene rings is 2. The summed E-state index contributed by atoms with van der Waals surface area (Å²) in [5, 5.41) is 10.1. The van der Waals surface area contributed by atoms with Crippen LogP contribution in [0.25, 0.3) is 0 Å². The predicted molar refractivity (Wildman–Crippen MR) is 72.3 cm³/mol. The Kier molecular flexibility index (Phi) is 4.14. The Hall–Kier alpha value is -0.780. The Labute approximate surface area is 120 Å². The SMILES string of the molecule is OC(c1ccc(Br)c(Br)c1)c1cc(F)ccc1F. The van der Waals surface area contributed by atoms with E-state index in [1.165, 1.54) is 0 Å². The molecule has 1 nitrogen and oxygen atoms in total. The van der Waals surface area contributed by atoms with Crippen molar-refractivity contribution in [1.29, 1.82) is 0 Å². The van der Waals surface area contributed by atoms with E-state index in [9.17, 15) is 13.9 Å². The highest BCUT2D eigenvalue weighted by molar-refractivity contribution is 9.13. The molecule has 1 atom stereocenters. The van der Waals surface area contributed by atoms with Gasteiger partial charge >= 0.3 is 0 Å². The molecule has 1 unspecified atom stereocenters. The van der Waals surface area contributed by atoms with Crippen LogP contribution in [0.15, 0.2) is 45.3 Å². The first kappa shape index (κ1) is 13.6. The minimum atomic E-state index is -1.20. The quantitative estimate of drug-likeness (QED) is 0.812. The Morgan fingerprint density at radius 1 is 0.944 bits per heavy atom. The lowest BCUT2D eigenvalue weighted by Crippen LogP contribution is -2.03. The van der Waals surface area contributed by atoms with Gasteiger partial charge in [-0.1, -0.05) is 6.07 Å². The van der Waals surface area contributed by atoms with Crippen LogP contribution in [0.2, 0.25) is 0 Å². The van der Waals surface area contributed by atoms with Crippen LogP contribution in [-0.2, 0) is 0 Å². The molecule has 0 heterocycles. The van der Waals surface area contributed by atoms with E-state index in [0.717, 1.165) is 27.1 Å². The number of halogens is 4. The van der Waals surface area contributed by atoms with Gasteiger partial charge in [0.25, 0.3) is 0 Å². The van der Waals surface area contributed by atoms with Crippen molar-refractivity contribution in [2.75, 3.05) is 0 Å². The number of rotatable bonds is 2. The molecule has 0 aliphatic carbocycles. The van der Waals surface area contributed by atoms with Gasteiger partial charge in [0.2, 0.25) is 0 Å². The minimum Gasteiger partial charge on any atom is -0.384 e. The summed E-state index contributed by atoms with van der Waals surface area (Å²) in [7, 11) is 0. The number of hydrogen-bond acceptors (Lipinski definition) is 1. The topological polar surface area (TPSA) is 20.2 Å². The average Bonchev–Trinajstić information content (AvgIpc) is 2.35. The van der Waals surface area contributed by atoms with Crippen molar-refractivity contribution in [1.82, 2.24) is 0 Å². The van der Waals surface area contributed by atoms with Gasteiger partial charge in [0.1, 0.15) is 17.7 Å². The van der Waals surface area contributed by atoms with Gasteiger partial charge in [-0.15, -0.1) is 0 Å². The number of aliphatic hydroxyl groups excluding tert-OH is 1. The fourth-order valence-corrected chi connectivity index (χ4v) is 2.23. The molecular formula is C13H8Br2F2O. The standard InChI is InChI=1S/C13H8Br2F2O/c14-10-3-1-7(5-11(10)15)13(18)9-6-8(16)2-4-12(9)17/h1-6,13,18H. The second kappa shape index (κ2) is 5.47. The Balaban J connectivity index is 2.44. The molecule has 0 fully saturated rings. The smallest absolute Gasteiger partial charge is 0.129 e. The van der Waals surface area contributed by atoms with Crippen molar-refractivity contribution in [2.24, 2.45) is 0 Å². The highest BCUT2D eigenvalue weighted by Gasteiger charge is 2.16. The van der Waals surface area contributed by atoms with E-state index < -0.39 is 17.7 Å². The highest BCUT2D eigenvalue weighted by atomic mass is 79.9. The third-order valence-electron chi connectivity index (χ3n) is 2.51. The number of aliphatic hydroxyl groups is 1. The van der Waals surface area contributed by atoms with Crippen LogP contribution < -0.4 is 0 Å². The Morgan fingerprint density at radius 2 is 1.67 bits per heavy atom. The summed E-state index contributed by atoms with van der Waals surface area (Å²) in [5.74, 6) is -1.22. The zero-order valence-corrected chi connectivity index (χ0v) is 12.2. The summed E-state index contributed by atoms with van der Waals surface area (Å²) in [6, 6.07) is 8.03.